The fraction of sp³-hybridized carbons (Fsp3) is 0.391. The first-order valence-corrected chi connectivity index (χ1v) is 11.2. The highest BCUT2D eigenvalue weighted by molar-refractivity contribution is 6.32. The van der Waals surface area contributed by atoms with Gasteiger partial charge >= 0.3 is 0 Å². The minimum absolute atomic E-state index is 0.0282. The molecule has 2 aliphatic rings. The number of fused-ring (bicyclic) bond motifs is 1. The number of amides is 2. The Bertz CT molecular complexity index is 1090. The quantitative estimate of drug-likeness (QED) is 0.611. The van der Waals surface area contributed by atoms with Gasteiger partial charge in [0.05, 0.1) is 10.7 Å². The van der Waals surface area contributed by atoms with Crippen molar-refractivity contribution in [2.75, 3.05) is 26.2 Å². The third-order valence-corrected chi connectivity index (χ3v) is 6.23. The maximum absolute atomic E-state index is 13.3. The van der Waals surface area contributed by atoms with Crippen LogP contribution in [0, 0.1) is 5.41 Å². The molecular formula is C23H24ClF2N5O3. The maximum atomic E-state index is 13.3. The summed E-state index contributed by atoms with van der Waals surface area (Å²) >= 11 is 6.08. The Morgan fingerprint density at radius 3 is 2.71 bits per heavy atom. The molecule has 4 rings (SSSR count). The van der Waals surface area contributed by atoms with Crippen LogP contribution < -0.4 is 10.5 Å². The van der Waals surface area contributed by atoms with Crippen molar-refractivity contribution in [3.05, 3.63) is 59.4 Å². The van der Waals surface area contributed by atoms with Crippen molar-refractivity contribution in [3.63, 3.8) is 0 Å². The maximum Gasteiger partial charge on any atom is 0.258 e. The first kappa shape index (κ1) is 24.0. The number of benzene rings is 1. The largest absolute Gasteiger partial charge is 0.490 e. The smallest absolute Gasteiger partial charge is 0.258 e. The predicted molar refractivity (Wildman–Crippen MR) is 122 cm³/mol. The van der Waals surface area contributed by atoms with Crippen molar-refractivity contribution in [1.29, 1.82) is 0 Å². The van der Waals surface area contributed by atoms with E-state index in [0.29, 0.717) is 22.2 Å². The van der Waals surface area contributed by atoms with E-state index in [0.717, 1.165) is 5.01 Å². The average molecular weight is 492 g/mol. The van der Waals surface area contributed by atoms with Crippen LogP contribution in [0.25, 0.3) is 0 Å². The summed E-state index contributed by atoms with van der Waals surface area (Å²) in [6.07, 6.45) is -0.733. The minimum atomic E-state index is -2.73. The zero-order chi connectivity index (χ0) is 24.3. The molecule has 11 heteroatoms. The van der Waals surface area contributed by atoms with Crippen LogP contribution in [-0.4, -0.2) is 71.1 Å². The Hall–Kier alpha value is -3.11. The first-order valence-electron chi connectivity index (χ1n) is 10.8. The molecule has 180 valence electrons. The number of likely N-dealkylation sites (tertiary alicyclic amines) is 1. The number of ether oxygens (including phenoxy) is 1. The van der Waals surface area contributed by atoms with Crippen LogP contribution >= 0.6 is 11.6 Å². The average Bonchev–Trinajstić information content (AvgIpc) is 3.08. The molecule has 0 aliphatic carbocycles. The summed E-state index contributed by atoms with van der Waals surface area (Å²) in [5.41, 5.74) is 5.93. The number of nitrogens with two attached hydrogens (primary N) is 1. The zero-order valence-corrected chi connectivity index (χ0v) is 19.0. The number of carbonyl (C=O) groups is 2. The Labute approximate surface area is 200 Å². The van der Waals surface area contributed by atoms with Gasteiger partial charge in [0, 0.05) is 37.8 Å². The molecular weight excluding hydrogens is 468 g/mol. The molecule has 2 atom stereocenters. The number of hydrazone groups is 1. The molecule has 3 heterocycles. The minimum Gasteiger partial charge on any atom is -0.490 e. The number of hydrogen-bond donors (Lipinski definition) is 1. The topological polar surface area (TPSA) is 101 Å². The van der Waals surface area contributed by atoms with Gasteiger partial charge in [-0.3, -0.25) is 14.6 Å². The van der Waals surface area contributed by atoms with Crippen LogP contribution in [0.3, 0.4) is 0 Å². The van der Waals surface area contributed by atoms with E-state index in [4.69, 9.17) is 22.1 Å². The van der Waals surface area contributed by atoms with Crippen molar-refractivity contribution in [1.82, 2.24) is 14.9 Å². The van der Waals surface area contributed by atoms with Crippen molar-refractivity contribution < 1.29 is 23.1 Å². The molecule has 2 N–H and O–H groups in total. The molecule has 2 amide bonds. The molecule has 0 saturated carbocycles. The summed E-state index contributed by atoms with van der Waals surface area (Å²) in [7, 11) is 0. The molecule has 0 bridgehead atoms. The van der Waals surface area contributed by atoms with E-state index in [1.165, 1.54) is 4.90 Å². The number of alkyl halides is 2. The van der Waals surface area contributed by atoms with E-state index in [1.807, 2.05) is 0 Å². The highest BCUT2D eigenvalue weighted by Gasteiger charge is 2.55. The number of piperidine rings is 1. The number of para-hydroxylation sites is 1. The van der Waals surface area contributed by atoms with Gasteiger partial charge in [0.1, 0.15) is 30.4 Å². The van der Waals surface area contributed by atoms with E-state index in [-0.39, 0.29) is 32.5 Å². The van der Waals surface area contributed by atoms with Gasteiger partial charge in [0.2, 0.25) is 5.91 Å². The summed E-state index contributed by atoms with van der Waals surface area (Å²) in [4.78, 5) is 32.2. The molecule has 1 aromatic heterocycles. The molecule has 34 heavy (non-hydrogen) atoms. The van der Waals surface area contributed by atoms with E-state index in [9.17, 15) is 18.4 Å². The van der Waals surface area contributed by atoms with Gasteiger partial charge in [-0.05, 0) is 24.3 Å². The van der Waals surface area contributed by atoms with Crippen molar-refractivity contribution in [2.24, 2.45) is 16.3 Å². The van der Waals surface area contributed by atoms with Gasteiger partial charge in [-0.25, -0.2) is 13.8 Å². The summed E-state index contributed by atoms with van der Waals surface area (Å²) in [5, 5.41) is 5.42. The lowest BCUT2D eigenvalue weighted by atomic mass is 9.74. The predicted octanol–water partition coefficient (Wildman–Crippen LogP) is 2.37. The molecule has 8 nitrogen and oxygen atoms in total. The summed E-state index contributed by atoms with van der Waals surface area (Å²) in [5.74, 6) is -0.570. The van der Waals surface area contributed by atoms with Crippen LogP contribution in [0.2, 0.25) is 5.02 Å². The van der Waals surface area contributed by atoms with E-state index in [1.54, 1.807) is 48.7 Å². The van der Waals surface area contributed by atoms with Gasteiger partial charge in [-0.2, -0.15) is 5.10 Å². The van der Waals surface area contributed by atoms with E-state index >= 15 is 0 Å². The summed E-state index contributed by atoms with van der Waals surface area (Å²) < 4.78 is 31.7. The molecule has 2 aliphatic heterocycles. The van der Waals surface area contributed by atoms with Gasteiger partial charge in [0.25, 0.3) is 12.3 Å². The van der Waals surface area contributed by atoms with Gasteiger partial charge in [0.15, 0.2) is 0 Å². The number of nitrogens with zero attached hydrogens (tertiary/aromatic N) is 4. The number of rotatable bonds is 8. The lowest BCUT2D eigenvalue weighted by Gasteiger charge is -2.40. The van der Waals surface area contributed by atoms with Crippen molar-refractivity contribution >= 4 is 29.1 Å². The molecule has 2 aromatic rings. The SMILES string of the molecule is N[C@H](COc1ccccc1Cl)C(=O)N1CCC2=NN(CC(F)F)C(=O)[C@]2(Cc2ccccn2)C1. The lowest BCUT2D eigenvalue weighted by Crippen LogP contribution is -2.59. The van der Waals surface area contributed by atoms with Crippen molar-refractivity contribution in [3.8, 4) is 5.75 Å². The number of hydrogen-bond acceptors (Lipinski definition) is 6. The second-order valence-electron chi connectivity index (χ2n) is 8.26. The number of carbonyl (C=O) groups excluding carboxylic acids is 2. The number of aromatic nitrogens is 1. The van der Waals surface area contributed by atoms with E-state index < -0.39 is 36.2 Å². The van der Waals surface area contributed by atoms with E-state index in [2.05, 4.69) is 10.1 Å². The third-order valence-electron chi connectivity index (χ3n) is 5.92. The molecule has 0 spiro atoms. The van der Waals surface area contributed by atoms with Gasteiger partial charge < -0.3 is 15.4 Å². The number of pyridine rings is 1. The fourth-order valence-electron chi connectivity index (χ4n) is 4.29. The molecule has 1 saturated heterocycles. The standard InChI is InChI=1S/C23H24ClF2N5O3/c24-16-6-1-2-7-18(16)34-13-17(27)21(32)30-10-8-19-23(14-30,11-15-5-3-4-9-28-15)22(33)31(29-19)12-20(25)26/h1-7,9,17,20H,8,10-14,27H2/t17-,23-/m1/s1. The first-order chi connectivity index (χ1) is 16.3. The van der Waals surface area contributed by atoms with Crippen molar-refractivity contribution in [2.45, 2.75) is 25.3 Å². The molecule has 0 radical (unpaired) electrons. The third kappa shape index (κ3) is 4.88. The Balaban J connectivity index is 1.52. The second-order valence-corrected chi connectivity index (χ2v) is 8.67. The zero-order valence-electron chi connectivity index (χ0n) is 18.2. The monoisotopic (exact) mass is 491 g/mol. The van der Waals surface area contributed by atoms with Gasteiger partial charge in [-0.1, -0.05) is 29.8 Å². The van der Waals surface area contributed by atoms with Crippen LogP contribution in [0.4, 0.5) is 8.78 Å². The second kappa shape index (κ2) is 10.0. The molecule has 0 unspecified atom stereocenters. The van der Waals surface area contributed by atoms with Crippen LogP contribution in [-0.2, 0) is 16.0 Å². The van der Waals surface area contributed by atoms with Crippen LogP contribution in [0.15, 0.2) is 53.8 Å². The molecule has 1 fully saturated rings. The Morgan fingerprint density at radius 2 is 2.00 bits per heavy atom. The lowest BCUT2D eigenvalue weighted by molar-refractivity contribution is -0.142. The summed E-state index contributed by atoms with van der Waals surface area (Å²) in [6.45, 7) is -0.680. The van der Waals surface area contributed by atoms with Crippen LogP contribution in [0.5, 0.6) is 5.75 Å². The normalized spacial score (nSPS) is 20.9. The Kier molecular flexibility index (Phi) is 7.08. The highest BCUT2D eigenvalue weighted by Crippen LogP contribution is 2.38. The highest BCUT2D eigenvalue weighted by atomic mass is 35.5. The fourth-order valence-corrected chi connectivity index (χ4v) is 4.48. The summed E-state index contributed by atoms with van der Waals surface area (Å²) in [6, 6.07) is 11.1. The van der Waals surface area contributed by atoms with Crippen LogP contribution in [0.1, 0.15) is 12.1 Å². The Morgan fingerprint density at radius 1 is 1.24 bits per heavy atom. The molecule has 1 aromatic carbocycles. The van der Waals surface area contributed by atoms with Gasteiger partial charge in [-0.15, -0.1) is 0 Å². The number of halogens is 3.